The van der Waals surface area contributed by atoms with Crippen molar-refractivity contribution in [3.8, 4) is 11.3 Å². The third-order valence-corrected chi connectivity index (χ3v) is 3.83. The molecule has 120 valence electrons. The van der Waals surface area contributed by atoms with Crippen molar-refractivity contribution in [2.45, 2.75) is 13.3 Å². The summed E-state index contributed by atoms with van der Waals surface area (Å²) in [6.07, 6.45) is 3.95. The largest absolute Gasteiger partial charge is 0.469 e. The molecule has 6 heteroatoms. The molecule has 0 radical (unpaired) electrons. The van der Waals surface area contributed by atoms with Crippen molar-refractivity contribution in [1.82, 2.24) is 15.1 Å². The fourth-order valence-electron chi connectivity index (χ4n) is 2.55. The molecule has 3 heterocycles. The van der Waals surface area contributed by atoms with Crippen LogP contribution in [-0.4, -0.2) is 21.7 Å². The quantitative estimate of drug-likeness (QED) is 0.602. The molecular formula is C18H16N4O2. The average molecular weight is 320 g/mol. The SMILES string of the molecule is Cc1ccc(-c2noc3c(NCCc4ccco4)ncnc23)cc1. The van der Waals surface area contributed by atoms with E-state index in [1.807, 2.05) is 43.3 Å². The fourth-order valence-corrected chi connectivity index (χ4v) is 2.55. The van der Waals surface area contributed by atoms with Gasteiger partial charge in [0.25, 0.3) is 0 Å². The van der Waals surface area contributed by atoms with Crippen LogP contribution in [0.3, 0.4) is 0 Å². The molecule has 1 aromatic carbocycles. The molecule has 24 heavy (non-hydrogen) atoms. The van der Waals surface area contributed by atoms with Gasteiger partial charge in [0, 0.05) is 18.5 Å². The molecule has 0 saturated carbocycles. The summed E-state index contributed by atoms with van der Waals surface area (Å²) in [5.41, 5.74) is 4.16. The number of rotatable bonds is 5. The molecule has 0 unspecified atom stereocenters. The molecule has 6 nitrogen and oxygen atoms in total. The highest BCUT2D eigenvalue weighted by atomic mass is 16.5. The smallest absolute Gasteiger partial charge is 0.228 e. The van der Waals surface area contributed by atoms with Crippen LogP contribution in [0.1, 0.15) is 11.3 Å². The maximum atomic E-state index is 5.49. The third-order valence-electron chi connectivity index (χ3n) is 3.83. The Kier molecular flexibility index (Phi) is 3.70. The summed E-state index contributed by atoms with van der Waals surface area (Å²) >= 11 is 0. The summed E-state index contributed by atoms with van der Waals surface area (Å²) < 4.78 is 10.8. The highest BCUT2D eigenvalue weighted by Gasteiger charge is 2.15. The lowest BCUT2D eigenvalue weighted by atomic mass is 10.1. The molecule has 0 saturated heterocycles. The van der Waals surface area contributed by atoms with E-state index in [1.165, 1.54) is 11.9 Å². The first-order chi connectivity index (χ1) is 11.8. The van der Waals surface area contributed by atoms with E-state index in [0.29, 0.717) is 23.5 Å². The van der Waals surface area contributed by atoms with Crippen LogP contribution in [0.4, 0.5) is 5.82 Å². The summed E-state index contributed by atoms with van der Waals surface area (Å²) in [6.45, 7) is 2.73. The number of nitrogens with one attached hydrogen (secondary N) is 1. The highest BCUT2D eigenvalue weighted by Crippen LogP contribution is 2.29. The van der Waals surface area contributed by atoms with E-state index in [9.17, 15) is 0 Å². The molecule has 3 aromatic heterocycles. The van der Waals surface area contributed by atoms with Crippen molar-refractivity contribution in [2.24, 2.45) is 0 Å². The highest BCUT2D eigenvalue weighted by molar-refractivity contribution is 5.93. The molecule has 0 aliphatic carbocycles. The Morgan fingerprint density at radius 1 is 1.08 bits per heavy atom. The van der Waals surface area contributed by atoms with Crippen molar-refractivity contribution < 1.29 is 8.94 Å². The van der Waals surface area contributed by atoms with Crippen LogP contribution in [0.25, 0.3) is 22.4 Å². The standard InChI is InChI=1S/C18H16N4O2/c1-12-4-6-13(7-5-12)15-16-17(24-22-15)18(21-11-20-16)19-9-8-14-3-2-10-23-14/h2-7,10-11H,8-9H2,1H3,(H,19,20,21). The lowest BCUT2D eigenvalue weighted by Crippen LogP contribution is -2.06. The Hall–Kier alpha value is -3.15. The molecule has 0 aliphatic heterocycles. The number of furan rings is 1. The van der Waals surface area contributed by atoms with Gasteiger partial charge in [0.05, 0.1) is 6.26 Å². The Balaban J connectivity index is 1.60. The summed E-state index contributed by atoms with van der Waals surface area (Å²) in [7, 11) is 0. The zero-order chi connectivity index (χ0) is 16.4. The molecule has 4 aromatic rings. The molecule has 0 atom stereocenters. The minimum atomic E-state index is 0.563. The predicted molar refractivity (Wildman–Crippen MR) is 90.7 cm³/mol. The number of benzene rings is 1. The van der Waals surface area contributed by atoms with Crippen LogP contribution < -0.4 is 5.32 Å². The van der Waals surface area contributed by atoms with Gasteiger partial charge in [-0.1, -0.05) is 35.0 Å². The molecule has 1 N–H and O–H groups in total. The second kappa shape index (κ2) is 6.16. The Labute approximate surface area is 138 Å². The minimum absolute atomic E-state index is 0.563. The number of hydrogen-bond acceptors (Lipinski definition) is 6. The third kappa shape index (κ3) is 2.74. The number of aromatic nitrogens is 3. The second-order valence-corrected chi connectivity index (χ2v) is 5.55. The van der Waals surface area contributed by atoms with Gasteiger partial charge in [-0.25, -0.2) is 9.97 Å². The van der Waals surface area contributed by atoms with Crippen LogP contribution in [0.2, 0.25) is 0 Å². The predicted octanol–water partition coefficient (Wildman–Crippen LogP) is 3.84. The normalized spacial score (nSPS) is 11.0. The average Bonchev–Trinajstić information content (AvgIpc) is 3.25. The Morgan fingerprint density at radius 2 is 1.96 bits per heavy atom. The molecular weight excluding hydrogens is 304 g/mol. The number of aryl methyl sites for hydroxylation is 1. The summed E-state index contributed by atoms with van der Waals surface area (Å²) in [4.78, 5) is 8.59. The van der Waals surface area contributed by atoms with Gasteiger partial charge in [-0.3, -0.25) is 0 Å². The summed E-state index contributed by atoms with van der Waals surface area (Å²) in [5.74, 6) is 1.56. The number of hydrogen-bond donors (Lipinski definition) is 1. The van der Waals surface area contributed by atoms with Crippen molar-refractivity contribution in [2.75, 3.05) is 11.9 Å². The van der Waals surface area contributed by atoms with E-state index < -0.39 is 0 Å². The minimum Gasteiger partial charge on any atom is -0.469 e. The Bertz CT molecular complexity index is 943. The molecule has 0 aliphatic rings. The zero-order valence-electron chi connectivity index (χ0n) is 13.2. The zero-order valence-corrected chi connectivity index (χ0v) is 13.2. The van der Waals surface area contributed by atoms with Gasteiger partial charge in [-0.2, -0.15) is 0 Å². The monoisotopic (exact) mass is 320 g/mol. The number of fused-ring (bicyclic) bond motifs is 1. The van der Waals surface area contributed by atoms with Crippen molar-refractivity contribution in [3.05, 3.63) is 60.3 Å². The van der Waals surface area contributed by atoms with E-state index in [1.54, 1.807) is 6.26 Å². The molecule has 4 rings (SSSR count). The van der Waals surface area contributed by atoms with Crippen LogP contribution in [-0.2, 0) is 6.42 Å². The van der Waals surface area contributed by atoms with Crippen LogP contribution >= 0.6 is 0 Å². The number of anilines is 1. The van der Waals surface area contributed by atoms with E-state index in [0.717, 1.165) is 23.4 Å². The molecule has 0 spiro atoms. The molecule has 0 amide bonds. The van der Waals surface area contributed by atoms with Gasteiger partial charge >= 0.3 is 0 Å². The van der Waals surface area contributed by atoms with Crippen LogP contribution in [0.5, 0.6) is 0 Å². The van der Waals surface area contributed by atoms with Crippen LogP contribution in [0.15, 0.2) is 57.9 Å². The van der Waals surface area contributed by atoms with Gasteiger partial charge in [0.15, 0.2) is 5.82 Å². The van der Waals surface area contributed by atoms with Gasteiger partial charge in [-0.05, 0) is 19.1 Å². The lowest BCUT2D eigenvalue weighted by Gasteiger charge is -2.03. The summed E-state index contributed by atoms with van der Waals surface area (Å²) in [5, 5.41) is 7.43. The van der Waals surface area contributed by atoms with E-state index in [2.05, 4.69) is 20.4 Å². The van der Waals surface area contributed by atoms with Gasteiger partial charge in [0.2, 0.25) is 5.58 Å². The molecule has 0 bridgehead atoms. The molecule has 0 fully saturated rings. The van der Waals surface area contributed by atoms with Crippen molar-refractivity contribution in [1.29, 1.82) is 0 Å². The van der Waals surface area contributed by atoms with Crippen molar-refractivity contribution in [3.63, 3.8) is 0 Å². The summed E-state index contributed by atoms with van der Waals surface area (Å²) in [6, 6.07) is 11.9. The van der Waals surface area contributed by atoms with Gasteiger partial charge in [0.1, 0.15) is 23.3 Å². The maximum absolute atomic E-state index is 5.49. The van der Waals surface area contributed by atoms with E-state index >= 15 is 0 Å². The first-order valence-corrected chi connectivity index (χ1v) is 7.75. The van der Waals surface area contributed by atoms with Gasteiger partial charge in [-0.15, -0.1) is 0 Å². The fraction of sp³-hybridized carbons (Fsp3) is 0.167. The first kappa shape index (κ1) is 14.4. The van der Waals surface area contributed by atoms with Crippen LogP contribution in [0, 0.1) is 6.92 Å². The maximum Gasteiger partial charge on any atom is 0.228 e. The topological polar surface area (TPSA) is 77.0 Å². The van der Waals surface area contributed by atoms with E-state index in [-0.39, 0.29) is 0 Å². The van der Waals surface area contributed by atoms with E-state index in [4.69, 9.17) is 8.94 Å². The van der Waals surface area contributed by atoms with Gasteiger partial charge < -0.3 is 14.3 Å². The first-order valence-electron chi connectivity index (χ1n) is 7.75. The second-order valence-electron chi connectivity index (χ2n) is 5.55. The Morgan fingerprint density at radius 3 is 2.75 bits per heavy atom. The lowest BCUT2D eigenvalue weighted by molar-refractivity contribution is 0.459. The van der Waals surface area contributed by atoms with Crippen molar-refractivity contribution >= 4 is 16.9 Å². The number of nitrogens with zero attached hydrogens (tertiary/aromatic N) is 3.